The highest BCUT2D eigenvalue weighted by Gasteiger charge is 1.96. The fourth-order valence-corrected chi connectivity index (χ4v) is 4.70. The molecular formula is C48H58. The minimum atomic E-state index is 1.29. The quantitative estimate of drug-likeness (QED) is 0.169. The SMILES string of the molecule is Cc1cc(C)c(C)cc1C.Cc1ccc(-c2ccc(C)cc2)cc1.Cc1ccc(C)cc1.Cc1cccc(C)c1.Cc1ccccc1C. The predicted molar refractivity (Wildman–Crippen MR) is 214 cm³/mol. The van der Waals surface area contributed by atoms with Crippen molar-refractivity contribution in [3.05, 3.63) is 200 Å². The van der Waals surface area contributed by atoms with Crippen LogP contribution in [0, 0.1) is 83.1 Å². The largest absolute Gasteiger partial charge is 0.0620 e. The molecule has 6 aromatic rings. The van der Waals surface area contributed by atoms with Gasteiger partial charge in [0.2, 0.25) is 0 Å². The molecule has 250 valence electrons. The molecular weight excluding hydrogens is 577 g/mol. The zero-order valence-electron chi connectivity index (χ0n) is 31.7. The van der Waals surface area contributed by atoms with Gasteiger partial charge in [0.15, 0.2) is 0 Å². The highest BCUT2D eigenvalue weighted by Crippen LogP contribution is 2.20. The molecule has 0 aliphatic rings. The van der Waals surface area contributed by atoms with Gasteiger partial charge in [-0.25, -0.2) is 0 Å². The molecule has 0 saturated carbocycles. The van der Waals surface area contributed by atoms with Crippen molar-refractivity contribution in [1.29, 1.82) is 0 Å². The summed E-state index contributed by atoms with van der Waals surface area (Å²) in [4.78, 5) is 0. The number of benzene rings is 6. The Morgan fingerprint density at radius 3 is 0.708 bits per heavy atom. The zero-order chi connectivity index (χ0) is 35.6. The third-order valence-corrected chi connectivity index (χ3v) is 8.36. The van der Waals surface area contributed by atoms with E-state index in [0.717, 1.165) is 0 Å². The molecule has 0 spiro atoms. The smallest absolute Gasteiger partial charge is 0.0184 e. The summed E-state index contributed by atoms with van der Waals surface area (Å²) in [5, 5.41) is 0. The molecule has 6 aromatic carbocycles. The lowest BCUT2D eigenvalue weighted by Gasteiger charge is -2.04. The van der Waals surface area contributed by atoms with Crippen LogP contribution in [0.4, 0.5) is 0 Å². The Bertz CT molecular complexity index is 1630. The van der Waals surface area contributed by atoms with E-state index in [1.54, 1.807) is 0 Å². The summed E-state index contributed by atoms with van der Waals surface area (Å²) in [5.74, 6) is 0. The maximum absolute atomic E-state index is 2.24. The van der Waals surface area contributed by atoms with Crippen molar-refractivity contribution in [2.45, 2.75) is 83.1 Å². The van der Waals surface area contributed by atoms with Gasteiger partial charge in [0.25, 0.3) is 0 Å². The van der Waals surface area contributed by atoms with Gasteiger partial charge in [-0.05, 0) is 128 Å². The summed E-state index contributed by atoms with van der Waals surface area (Å²) >= 11 is 0. The standard InChI is InChI=1S/C14H14.C10H14.3C8H10/c1-11-3-7-13(8-4-11)14-9-5-12(2)6-10-14;1-7-5-9(3)10(4)6-8(7)2;1-7-3-5-8(2)6-4-7;1-7-4-3-5-8(2)6-7;1-7-5-3-4-6-8(7)2/h3-10H,1-2H3;5-6H,1-4H3;3*3-6H,1-2H3. The molecule has 0 heteroatoms. The van der Waals surface area contributed by atoms with Crippen LogP contribution in [0.25, 0.3) is 11.1 Å². The molecule has 0 saturated heterocycles. The van der Waals surface area contributed by atoms with E-state index in [9.17, 15) is 0 Å². The van der Waals surface area contributed by atoms with Gasteiger partial charge in [0.1, 0.15) is 0 Å². The number of rotatable bonds is 1. The number of aryl methyl sites for hydroxylation is 12. The molecule has 48 heavy (non-hydrogen) atoms. The summed E-state index contributed by atoms with van der Waals surface area (Å²) in [6.07, 6.45) is 0. The van der Waals surface area contributed by atoms with E-state index in [0.29, 0.717) is 0 Å². The van der Waals surface area contributed by atoms with Crippen molar-refractivity contribution in [3.8, 4) is 11.1 Å². The lowest BCUT2D eigenvalue weighted by Crippen LogP contribution is -1.86. The van der Waals surface area contributed by atoms with Crippen LogP contribution in [-0.2, 0) is 0 Å². The molecule has 0 aromatic heterocycles. The van der Waals surface area contributed by atoms with Crippen LogP contribution in [0.2, 0.25) is 0 Å². The minimum absolute atomic E-state index is 1.29. The fraction of sp³-hybridized carbons (Fsp3) is 0.250. The molecule has 0 amide bonds. The third-order valence-electron chi connectivity index (χ3n) is 8.36. The molecule has 0 N–H and O–H groups in total. The van der Waals surface area contributed by atoms with Crippen LogP contribution in [-0.4, -0.2) is 0 Å². The molecule has 0 radical (unpaired) electrons. The van der Waals surface area contributed by atoms with E-state index in [2.05, 4.69) is 217 Å². The third kappa shape index (κ3) is 15.3. The van der Waals surface area contributed by atoms with Crippen LogP contribution in [0.5, 0.6) is 0 Å². The summed E-state index contributed by atoms with van der Waals surface area (Å²) in [6, 6.07) is 47.0. The first-order valence-electron chi connectivity index (χ1n) is 17.0. The van der Waals surface area contributed by atoms with Crippen LogP contribution in [0.1, 0.15) is 66.8 Å². The number of hydrogen-bond donors (Lipinski definition) is 0. The molecule has 0 atom stereocenters. The maximum atomic E-state index is 2.24. The van der Waals surface area contributed by atoms with Gasteiger partial charge in [-0.2, -0.15) is 0 Å². The lowest BCUT2D eigenvalue weighted by molar-refractivity contribution is 1.24. The lowest BCUT2D eigenvalue weighted by atomic mass is 10.0. The second-order valence-electron chi connectivity index (χ2n) is 13.1. The Kier molecular flexibility index (Phi) is 16.9. The average Bonchev–Trinajstić information content (AvgIpc) is 3.05. The van der Waals surface area contributed by atoms with E-state index in [-0.39, 0.29) is 0 Å². The van der Waals surface area contributed by atoms with E-state index < -0.39 is 0 Å². The highest BCUT2D eigenvalue weighted by atomic mass is 14.0. The van der Waals surface area contributed by atoms with Crippen molar-refractivity contribution in [1.82, 2.24) is 0 Å². The van der Waals surface area contributed by atoms with Crippen molar-refractivity contribution >= 4 is 0 Å². The summed E-state index contributed by atoms with van der Waals surface area (Å²) in [6.45, 7) is 25.5. The van der Waals surface area contributed by atoms with Crippen molar-refractivity contribution in [3.63, 3.8) is 0 Å². The fourth-order valence-electron chi connectivity index (χ4n) is 4.70. The van der Waals surface area contributed by atoms with Gasteiger partial charge in [-0.3, -0.25) is 0 Å². The first kappa shape index (κ1) is 39.5. The highest BCUT2D eigenvalue weighted by molar-refractivity contribution is 5.63. The predicted octanol–water partition coefficient (Wildman–Crippen LogP) is 13.8. The molecule has 0 bridgehead atoms. The minimum Gasteiger partial charge on any atom is -0.0620 e. The first-order valence-corrected chi connectivity index (χ1v) is 17.0. The van der Waals surface area contributed by atoms with E-state index in [1.165, 1.54) is 77.9 Å². The Labute approximate surface area is 293 Å². The average molecular weight is 635 g/mol. The Hall–Kier alpha value is -4.68. The van der Waals surface area contributed by atoms with Crippen molar-refractivity contribution < 1.29 is 0 Å². The summed E-state index contributed by atoms with van der Waals surface area (Å²) in [5.41, 5.74) is 18.8. The normalized spacial score (nSPS) is 9.67. The second-order valence-corrected chi connectivity index (χ2v) is 13.1. The molecule has 0 nitrogen and oxygen atoms in total. The molecule has 0 unspecified atom stereocenters. The van der Waals surface area contributed by atoms with Crippen molar-refractivity contribution in [2.75, 3.05) is 0 Å². The zero-order valence-corrected chi connectivity index (χ0v) is 31.7. The second kappa shape index (κ2) is 20.5. The first-order chi connectivity index (χ1) is 22.7. The van der Waals surface area contributed by atoms with Crippen LogP contribution in [0.15, 0.2) is 133 Å². The molecule has 6 rings (SSSR count). The monoisotopic (exact) mass is 634 g/mol. The van der Waals surface area contributed by atoms with Crippen LogP contribution in [0.3, 0.4) is 0 Å². The van der Waals surface area contributed by atoms with Crippen molar-refractivity contribution in [2.24, 2.45) is 0 Å². The summed E-state index contributed by atoms with van der Waals surface area (Å²) in [7, 11) is 0. The number of hydrogen-bond acceptors (Lipinski definition) is 0. The van der Waals surface area contributed by atoms with Gasteiger partial charge in [0.05, 0.1) is 0 Å². The Balaban J connectivity index is 0.000000213. The van der Waals surface area contributed by atoms with Gasteiger partial charge in [-0.1, -0.05) is 167 Å². The Morgan fingerprint density at radius 1 is 0.208 bits per heavy atom. The van der Waals surface area contributed by atoms with E-state index in [4.69, 9.17) is 0 Å². The Morgan fingerprint density at radius 2 is 0.479 bits per heavy atom. The molecule has 0 aliphatic heterocycles. The topological polar surface area (TPSA) is 0 Å². The van der Waals surface area contributed by atoms with E-state index >= 15 is 0 Å². The van der Waals surface area contributed by atoms with Gasteiger partial charge < -0.3 is 0 Å². The summed E-state index contributed by atoms with van der Waals surface area (Å²) < 4.78 is 0. The van der Waals surface area contributed by atoms with Crippen LogP contribution >= 0.6 is 0 Å². The molecule has 0 heterocycles. The van der Waals surface area contributed by atoms with Gasteiger partial charge in [-0.15, -0.1) is 0 Å². The van der Waals surface area contributed by atoms with E-state index in [1.807, 2.05) is 0 Å². The van der Waals surface area contributed by atoms with Crippen LogP contribution < -0.4 is 0 Å². The maximum Gasteiger partial charge on any atom is -0.0184 e. The van der Waals surface area contributed by atoms with Gasteiger partial charge in [0, 0.05) is 0 Å². The molecule has 0 aliphatic carbocycles. The van der Waals surface area contributed by atoms with Gasteiger partial charge >= 0.3 is 0 Å². The molecule has 0 fully saturated rings.